The zero-order valence-electron chi connectivity index (χ0n) is 15.2. The van der Waals surface area contributed by atoms with Gasteiger partial charge in [0.1, 0.15) is 17.0 Å². The van der Waals surface area contributed by atoms with Gasteiger partial charge in [0, 0.05) is 25.0 Å². The van der Waals surface area contributed by atoms with Gasteiger partial charge in [0.2, 0.25) is 0 Å². The number of aromatic nitrogens is 3. The Hall–Kier alpha value is -2.44. The molecule has 1 aliphatic rings. The molecule has 7 heteroatoms. The molecule has 25 heavy (non-hydrogen) atoms. The van der Waals surface area contributed by atoms with E-state index in [0.29, 0.717) is 18.0 Å². The molecule has 2 aromatic rings. The molecule has 1 atom stereocenters. The first-order chi connectivity index (χ1) is 11.9. The maximum absolute atomic E-state index is 12.4. The maximum Gasteiger partial charge on any atom is 0.410 e. The standard InChI is InChI=1S/C18H24N4O3/c1-5-12-16(20-9-8-19-12)13-11-15(25-21-13)14-7-6-10-22(14)17(23)24-18(2,3)4/h8-9,11,14H,5-7,10H2,1-4H3. The number of likely N-dealkylation sites (tertiary alicyclic amines) is 1. The Labute approximate surface area is 147 Å². The van der Waals surface area contributed by atoms with Crippen LogP contribution in [-0.2, 0) is 11.2 Å². The molecule has 0 aromatic carbocycles. The molecule has 2 aromatic heterocycles. The fraction of sp³-hybridized carbons (Fsp3) is 0.556. The monoisotopic (exact) mass is 344 g/mol. The summed E-state index contributed by atoms with van der Waals surface area (Å²) in [6, 6.07) is 1.70. The highest BCUT2D eigenvalue weighted by Crippen LogP contribution is 2.35. The molecule has 7 nitrogen and oxygen atoms in total. The second kappa shape index (κ2) is 6.82. The number of nitrogens with zero attached hydrogens (tertiary/aromatic N) is 4. The van der Waals surface area contributed by atoms with Crippen LogP contribution in [0.2, 0.25) is 0 Å². The van der Waals surface area contributed by atoms with Crippen molar-refractivity contribution in [2.24, 2.45) is 0 Å². The average molecular weight is 344 g/mol. The number of aryl methyl sites for hydroxylation is 1. The summed E-state index contributed by atoms with van der Waals surface area (Å²) in [5.74, 6) is 0.658. The normalized spacial score (nSPS) is 17.8. The molecule has 1 saturated heterocycles. The lowest BCUT2D eigenvalue weighted by Crippen LogP contribution is -2.36. The van der Waals surface area contributed by atoms with E-state index in [0.717, 1.165) is 30.7 Å². The molecule has 3 heterocycles. The second-order valence-electron chi connectivity index (χ2n) is 7.15. The van der Waals surface area contributed by atoms with Gasteiger partial charge in [0.05, 0.1) is 11.7 Å². The lowest BCUT2D eigenvalue weighted by atomic mass is 10.1. The minimum atomic E-state index is -0.521. The van der Waals surface area contributed by atoms with Crippen LogP contribution in [0.4, 0.5) is 4.79 Å². The van der Waals surface area contributed by atoms with Gasteiger partial charge >= 0.3 is 6.09 Å². The Bertz CT molecular complexity index is 751. The predicted molar refractivity (Wildman–Crippen MR) is 91.8 cm³/mol. The fourth-order valence-electron chi connectivity index (χ4n) is 3.00. The number of hydrogen-bond donors (Lipinski definition) is 0. The first-order valence-electron chi connectivity index (χ1n) is 8.65. The van der Waals surface area contributed by atoms with E-state index in [2.05, 4.69) is 15.1 Å². The topological polar surface area (TPSA) is 81.4 Å². The van der Waals surface area contributed by atoms with Crippen molar-refractivity contribution in [2.75, 3.05) is 6.54 Å². The number of amides is 1. The smallest absolute Gasteiger partial charge is 0.410 e. The molecule has 1 aliphatic heterocycles. The number of ether oxygens (including phenoxy) is 1. The third-order valence-corrected chi connectivity index (χ3v) is 4.09. The molecule has 0 N–H and O–H groups in total. The summed E-state index contributed by atoms with van der Waals surface area (Å²) < 4.78 is 11.0. The predicted octanol–water partition coefficient (Wildman–Crippen LogP) is 3.77. The van der Waals surface area contributed by atoms with Crippen LogP contribution >= 0.6 is 0 Å². The minimum Gasteiger partial charge on any atom is -0.444 e. The van der Waals surface area contributed by atoms with Gasteiger partial charge in [-0.05, 0) is 40.0 Å². The van der Waals surface area contributed by atoms with Gasteiger partial charge in [-0.3, -0.25) is 14.9 Å². The first-order valence-corrected chi connectivity index (χ1v) is 8.65. The largest absolute Gasteiger partial charge is 0.444 e. The van der Waals surface area contributed by atoms with Crippen molar-refractivity contribution in [3.8, 4) is 11.4 Å². The molecular formula is C18H24N4O3. The summed E-state index contributed by atoms with van der Waals surface area (Å²) in [6.45, 7) is 8.27. The Morgan fingerprint density at radius 2 is 2.12 bits per heavy atom. The molecule has 1 unspecified atom stereocenters. The van der Waals surface area contributed by atoms with Crippen molar-refractivity contribution in [2.45, 2.75) is 58.6 Å². The minimum absolute atomic E-state index is 0.155. The van der Waals surface area contributed by atoms with E-state index in [4.69, 9.17) is 9.26 Å². The zero-order chi connectivity index (χ0) is 18.0. The van der Waals surface area contributed by atoms with Gasteiger partial charge < -0.3 is 9.26 Å². The summed E-state index contributed by atoms with van der Waals surface area (Å²) in [4.78, 5) is 22.9. The van der Waals surface area contributed by atoms with Gasteiger partial charge in [-0.15, -0.1) is 0 Å². The maximum atomic E-state index is 12.4. The molecule has 0 radical (unpaired) electrons. The molecular weight excluding hydrogens is 320 g/mol. The summed E-state index contributed by atoms with van der Waals surface area (Å²) in [7, 11) is 0. The third kappa shape index (κ3) is 3.81. The lowest BCUT2D eigenvalue weighted by Gasteiger charge is -2.27. The van der Waals surface area contributed by atoms with Crippen LogP contribution in [0.15, 0.2) is 23.0 Å². The van der Waals surface area contributed by atoms with Crippen molar-refractivity contribution in [1.82, 2.24) is 20.0 Å². The van der Waals surface area contributed by atoms with Crippen molar-refractivity contribution in [1.29, 1.82) is 0 Å². The van der Waals surface area contributed by atoms with E-state index >= 15 is 0 Å². The lowest BCUT2D eigenvalue weighted by molar-refractivity contribution is 0.0204. The Morgan fingerprint density at radius 3 is 2.84 bits per heavy atom. The number of carbonyl (C=O) groups is 1. The second-order valence-corrected chi connectivity index (χ2v) is 7.15. The molecule has 0 aliphatic carbocycles. The van der Waals surface area contributed by atoms with E-state index < -0.39 is 5.60 Å². The molecule has 0 saturated carbocycles. The van der Waals surface area contributed by atoms with E-state index in [1.54, 1.807) is 17.3 Å². The Kier molecular flexibility index (Phi) is 4.74. The first kappa shape index (κ1) is 17.4. The Balaban J connectivity index is 1.83. The van der Waals surface area contributed by atoms with Crippen LogP contribution in [0.1, 0.15) is 58.0 Å². The Morgan fingerprint density at radius 1 is 1.36 bits per heavy atom. The van der Waals surface area contributed by atoms with Gasteiger partial charge in [0.25, 0.3) is 0 Å². The van der Waals surface area contributed by atoms with Crippen molar-refractivity contribution in [3.05, 3.63) is 29.9 Å². The zero-order valence-corrected chi connectivity index (χ0v) is 15.2. The third-order valence-electron chi connectivity index (χ3n) is 4.09. The molecule has 134 valence electrons. The highest BCUT2D eigenvalue weighted by atomic mass is 16.6. The number of carbonyl (C=O) groups excluding carboxylic acids is 1. The quantitative estimate of drug-likeness (QED) is 0.843. The van der Waals surface area contributed by atoms with Crippen LogP contribution in [-0.4, -0.2) is 38.3 Å². The SMILES string of the molecule is CCc1nccnc1-c1cc(C2CCCN2C(=O)OC(C)(C)C)on1. The van der Waals surface area contributed by atoms with Crippen LogP contribution < -0.4 is 0 Å². The van der Waals surface area contributed by atoms with Crippen molar-refractivity contribution < 1.29 is 14.1 Å². The van der Waals surface area contributed by atoms with Crippen molar-refractivity contribution >= 4 is 6.09 Å². The molecule has 0 spiro atoms. The van der Waals surface area contributed by atoms with Gasteiger partial charge in [-0.25, -0.2) is 4.79 Å². The molecule has 1 fully saturated rings. The highest BCUT2D eigenvalue weighted by molar-refractivity contribution is 5.69. The van der Waals surface area contributed by atoms with E-state index in [9.17, 15) is 4.79 Å². The van der Waals surface area contributed by atoms with Gasteiger partial charge in [-0.2, -0.15) is 0 Å². The summed E-state index contributed by atoms with van der Waals surface area (Å²) in [6.07, 6.45) is 5.50. The van der Waals surface area contributed by atoms with Gasteiger partial charge in [-0.1, -0.05) is 12.1 Å². The molecule has 0 bridgehead atoms. The van der Waals surface area contributed by atoms with E-state index in [1.807, 2.05) is 33.8 Å². The summed E-state index contributed by atoms with van der Waals surface area (Å²) in [5.41, 5.74) is 1.72. The van der Waals surface area contributed by atoms with Crippen LogP contribution in [0.3, 0.4) is 0 Å². The van der Waals surface area contributed by atoms with Crippen LogP contribution in [0.5, 0.6) is 0 Å². The van der Waals surface area contributed by atoms with Crippen LogP contribution in [0.25, 0.3) is 11.4 Å². The molecule has 3 rings (SSSR count). The van der Waals surface area contributed by atoms with E-state index in [1.165, 1.54) is 0 Å². The average Bonchev–Trinajstić information content (AvgIpc) is 3.22. The highest BCUT2D eigenvalue weighted by Gasteiger charge is 2.35. The number of rotatable bonds is 3. The fourth-order valence-corrected chi connectivity index (χ4v) is 3.00. The van der Waals surface area contributed by atoms with Crippen molar-refractivity contribution in [3.63, 3.8) is 0 Å². The van der Waals surface area contributed by atoms with E-state index in [-0.39, 0.29) is 12.1 Å². The number of hydrogen-bond acceptors (Lipinski definition) is 6. The van der Waals surface area contributed by atoms with Crippen LogP contribution in [0, 0.1) is 0 Å². The molecule has 1 amide bonds. The summed E-state index contributed by atoms with van der Waals surface area (Å²) in [5, 5.41) is 4.15. The van der Waals surface area contributed by atoms with Gasteiger partial charge in [0.15, 0.2) is 5.76 Å². The summed E-state index contributed by atoms with van der Waals surface area (Å²) >= 11 is 0.